The minimum Gasteiger partial charge on any atom is -0.444 e. The van der Waals surface area contributed by atoms with E-state index in [9.17, 15) is 4.79 Å². The number of nitrogens with one attached hydrogen (secondary N) is 1. The lowest BCUT2D eigenvalue weighted by Gasteiger charge is -2.25. The molecule has 2 heterocycles. The lowest BCUT2D eigenvalue weighted by Crippen LogP contribution is -2.36. The smallest absolute Gasteiger partial charge is 0.410 e. The summed E-state index contributed by atoms with van der Waals surface area (Å²) in [6, 6.07) is 0.404. The number of carbonyl (C=O) groups is 1. The van der Waals surface area contributed by atoms with Crippen LogP contribution in [-0.2, 0) is 4.74 Å². The first kappa shape index (κ1) is 16.5. The average molecular weight is 383 g/mol. The van der Waals surface area contributed by atoms with Crippen molar-refractivity contribution in [3.63, 3.8) is 0 Å². The molecule has 6 nitrogen and oxygen atoms in total. The molecule has 1 aliphatic heterocycles. The quantitative estimate of drug-likeness (QED) is 0.849. The van der Waals surface area contributed by atoms with Crippen LogP contribution < -0.4 is 5.32 Å². The zero-order chi connectivity index (χ0) is 16.6. The van der Waals surface area contributed by atoms with Crippen LogP contribution in [0.1, 0.15) is 33.6 Å². The monoisotopic (exact) mass is 382 g/mol. The first-order valence-corrected chi connectivity index (χ1v) is 8.81. The second-order valence-corrected chi connectivity index (χ2v) is 8.25. The van der Waals surface area contributed by atoms with Crippen LogP contribution in [0.25, 0.3) is 0 Å². The highest BCUT2D eigenvalue weighted by molar-refractivity contribution is 9.10. The molecule has 0 aromatic carbocycles. The van der Waals surface area contributed by atoms with Crippen molar-refractivity contribution in [1.82, 2.24) is 14.9 Å². The van der Waals surface area contributed by atoms with Crippen molar-refractivity contribution in [2.24, 2.45) is 11.8 Å². The summed E-state index contributed by atoms with van der Waals surface area (Å²) in [6.45, 7) is 7.30. The third-order valence-corrected chi connectivity index (χ3v) is 4.78. The van der Waals surface area contributed by atoms with Crippen molar-refractivity contribution in [2.45, 2.75) is 45.3 Å². The lowest BCUT2D eigenvalue weighted by atomic mass is 10.0. The maximum Gasteiger partial charge on any atom is 0.410 e. The van der Waals surface area contributed by atoms with Crippen LogP contribution >= 0.6 is 15.9 Å². The highest BCUT2D eigenvalue weighted by Gasteiger charge is 2.43. The number of aromatic nitrogens is 2. The van der Waals surface area contributed by atoms with Gasteiger partial charge in [0.1, 0.15) is 16.0 Å². The fourth-order valence-corrected chi connectivity index (χ4v) is 3.69. The summed E-state index contributed by atoms with van der Waals surface area (Å²) in [5.41, 5.74) is -0.431. The van der Waals surface area contributed by atoms with Gasteiger partial charge in [0.25, 0.3) is 0 Å². The third kappa shape index (κ3) is 4.13. The van der Waals surface area contributed by atoms with Crippen LogP contribution in [0.3, 0.4) is 0 Å². The van der Waals surface area contributed by atoms with E-state index in [0.29, 0.717) is 17.9 Å². The minimum absolute atomic E-state index is 0.185. The van der Waals surface area contributed by atoms with E-state index < -0.39 is 5.60 Å². The molecule has 0 bridgehead atoms. The van der Waals surface area contributed by atoms with Gasteiger partial charge in [-0.3, -0.25) is 0 Å². The Balaban J connectivity index is 1.51. The number of anilines is 1. The summed E-state index contributed by atoms with van der Waals surface area (Å²) in [7, 11) is 0. The number of carbonyl (C=O) groups excluding carboxylic acids is 1. The molecule has 23 heavy (non-hydrogen) atoms. The molecule has 1 saturated carbocycles. The molecule has 7 heteroatoms. The number of rotatable bonds is 2. The van der Waals surface area contributed by atoms with Crippen molar-refractivity contribution < 1.29 is 9.53 Å². The van der Waals surface area contributed by atoms with Gasteiger partial charge >= 0.3 is 6.09 Å². The Morgan fingerprint density at radius 3 is 2.43 bits per heavy atom. The molecule has 3 rings (SSSR count). The van der Waals surface area contributed by atoms with E-state index in [4.69, 9.17) is 4.74 Å². The normalized spacial score (nSPS) is 27.0. The fraction of sp³-hybridized carbons (Fsp3) is 0.688. The maximum absolute atomic E-state index is 12.2. The van der Waals surface area contributed by atoms with Crippen LogP contribution in [0.2, 0.25) is 0 Å². The summed E-state index contributed by atoms with van der Waals surface area (Å²) in [6.07, 6.45) is 5.37. The Hall–Kier alpha value is -1.37. The van der Waals surface area contributed by atoms with Gasteiger partial charge in [-0.1, -0.05) is 0 Å². The molecule has 0 radical (unpaired) electrons. The summed E-state index contributed by atoms with van der Waals surface area (Å²) in [4.78, 5) is 22.5. The Morgan fingerprint density at radius 1 is 1.26 bits per heavy atom. The Bertz CT molecular complexity index is 558. The van der Waals surface area contributed by atoms with E-state index >= 15 is 0 Å². The topological polar surface area (TPSA) is 67.3 Å². The van der Waals surface area contributed by atoms with Gasteiger partial charge in [0.15, 0.2) is 0 Å². The zero-order valence-electron chi connectivity index (χ0n) is 13.8. The zero-order valence-corrected chi connectivity index (χ0v) is 15.3. The molecule has 2 aliphatic rings. The molecule has 2 fully saturated rings. The van der Waals surface area contributed by atoms with E-state index in [1.807, 2.05) is 25.7 Å². The number of likely N-dealkylation sites (tertiary alicyclic amines) is 1. The molecule has 1 aromatic rings. The highest BCUT2D eigenvalue weighted by Crippen LogP contribution is 2.39. The predicted octanol–water partition coefficient (Wildman–Crippen LogP) is 3.30. The number of nitrogens with zero attached hydrogens (tertiary/aromatic N) is 3. The van der Waals surface area contributed by atoms with E-state index in [1.54, 1.807) is 12.4 Å². The standard InChI is InChI=1S/C16H23BrN4O2/c1-16(2,3)23-15(22)21-8-10-4-12(5-11(10)9-21)20-14-7-18-13(17)6-19-14/h6-7,10-12H,4-5,8-9H2,1-3H3,(H,19,20)/t10-,11?,12?/m1/s1. The molecular weight excluding hydrogens is 360 g/mol. The number of amides is 1. The van der Waals surface area contributed by atoms with Crippen LogP contribution in [0.15, 0.2) is 17.0 Å². The number of halogens is 1. The second kappa shape index (κ2) is 6.26. The number of hydrogen-bond acceptors (Lipinski definition) is 5. The van der Waals surface area contributed by atoms with Crippen molar-refractivity contribution in [3.05, 3.63) is 17.0 Å². The van der Waals surface area contributed by atoms with E-state index in [2.05, 4.69) is 31.2 Å². The molecule has 1 amide bonds. The molecule has 1 N–H and O–H groups in total. The van der Waals surface area contributed by atoms with Gasteiger partial charge in [-0.15, -0.1) is 0 Å². The number of fused-ring (bicyclic) bond motifs is 1. The van der Waals surface area contributed by atoms with Gasteiger partial charge in [0.05, 0.1) is 12.4 Å². The van der Waals surface area contributed by atoms with E-state index in [0.717, 1.165) is 36.4 Å². The van der Waals surface area contributed by atoms with Gasteiger partial charge in [0.2, 0.25) is 0 Å². The van der Waals surface area contributed by atoms with Crippen molar-refractivity contribution in [3.8, 4) is 0 Å². The lowest BCUT2D eigenvalue weighted by molar-refractivity contribution is 0.0280. The summed E-state index contributed by atoms with van der Waals surface area (Å²) < 4.78 is 6.20. The highest BCUT2D eigenvalue weighted by atomic mass is 79.9. The van der Waals surface area contributed by atoms with E-state index in [1.165, 1.54) is 0 Å². The van der Waals surface area contributed by atoms with Crippen LogP contribution in [-0.4, -0.2) is 45.7 Å². The molecular formula is C16H23BrN4O2. The predicted molar refractivity (Wildman–Crippen MR) is 91.2 cm³/mol. The Labute approximate surface area is 145 Å². The molecule has 1 saturated heterocycles. The first-order valence-electron chi connectivity index (χ1n) is 8.02. The third-order valence-electron chi connectivity index (χ3n) is 4.38. The molecule has 126 valence electrons. The van der Waals surface area contributed by atoms with Crippen molar-refractivity contribution >= 4 is 27.8 Å². The van der Waals surface area contributed by atoms with E-state index in [-0.39, 0.29) is 6.09 Å². The molecule has 1 aliphatic carbocycles. The van der Waals surface area contributed by atoms with Gasteiger partial charge < -0.3 is 15.0 Å². The molecule has 3 atom stereocenters. The summed E-state index contributed by atoms with van der Waals surface area (Å²) in [5, 5.41) is 3.45. The van der Waals surface area contributed by atoms with Gasteiger partial charge in [0, 0.05) is 19.1 Å². The van der Waals surface area contributed by atoms with Crippen LogP contribution in [0, 0.1) is 11.8 Å². The number of hydrogen-bond donors (Lipinski definition) is 1. The first-order chi connectivity index (χ1) is 10.8. The molecule has 2 unspecified atom stereocenters. The second-order valence-electron chi connectivity index (χ2n) is 7.44. The van der Waals surface area contributed by atoms with Crippen molar-refractivity contribution in [2.75, 3.05) is 18.4 Å². The van der Waals surface area contributed by atoms with Gasteiger partial charge in [-0.2, -0.15) is 0 Å². The van der Waals surface area contributed by atoms with Crippen LogP contribution in [0.5, 0.6) is 0 Å². The maximum atomic E-state index is 12.2. The molecule has 0 spiro atoms. The molecule has 1 aromatic heterocycles. The fourth-order valence-electron chi connectivity index (χ4n) is 3.49. The van der Waals surface area contributed by atoms with Crippen LogP contribution in [0.4, 0.5) is 10.6 Å². The SMILES string of the molecule is CC(C)(C)OC(=O)N1CC2CC(Nc3cnc(Br)cn3)C[C@@H]2C1. The van der Waals surface area contributed by atoms with Crippen molar-refractivity contribution in [1.29, 1.82) is 0 Å². The summed E-state index contributed by atoms with van der Waals surface area (Å²) in [5.74, 6) is 1.90. The minimum atomic E-state index is -0.431. The average Bonchev–Trinajstić information content (AvgIpc) is 2.97. The largest absolute Gasteiger partial charge is 0.444 e. The summed E-state index contributed by atoms with van der Waals surface area (Å²) >= 11 is 3.29. The Morgan fingerprint density at radius 2 is 1.91 bits per heavy atom. The van der Waals surface area contributed by atoms with Gasteiger partial charge in [-0.25, -0.2) is 14.8 Å². The van der Waals surface area contributed by atoms with Gasteiger partial charge in [-0.05, 0) is 61.4 Å². The number of ether oxygens (including phenoxy) is 1. The Kier molecular flexibility index (Phi) is 4.49.